The first-order valence-electron chi connectivity index (χ1n) is 7.61. The standard InChI is InChI=1S/C16H18N4O2S/c1-9-2-3-13(22-9)15-18-14(17)12-6-11(23-16(12)19-15)8-20-5-4-10(21)7-20/h2-3,6,10,21H,4-5,7-8H2,1H3,(H2,17,18,19). The van der Waals surface area contributed by atoms with Gasteiger partial charge in [-0.1, -0.05) is 0 Å². The molecule has 6 nitrogen and oxygen atoms in total. The van der Waals surface area contributed by atoms with Gasteiger partial charge < -0.3 is 15.3 Å². The molecule has 1 unspecified atom stereocenters. The fourth-order valence-electron chi connectivity index (χ4n) is 2.91. The second-order valence-electron chi connectivity index (χ2n) is 5.95. The highest BCUT2D eigenvalue weighted by molar-refractivity contribution is 7.18. The molecule has 0 aliphatic carbocycles. The molecule has 4 heterocycles. The Bertz CT molecular complexity index is 857. The van der Waals surface area contributed by atoms with Gasteiger partial charge in [-0.05, 0) is 31.5 Å². The average Bonchev–Trinajstić information content (AvgIpc) is 3.20. The van der Waals surface area contributed by atoms with Crippen LogP contribution in [0.1, 0.15) is 17.1 Å². The summed E-state index contributed by atoms with van der Waals surface area (Å²) in [4.78, 5) is 13.3. The molecule has 0 saturated carbocycles. The molecule has 4 rings (SSSR count). The van der Waals surface area contributed by atoms with E-state index in [2.05, 4.69) is 20.9 Å². The van der Waals surface area contributed by atoms with Gasteiger partial charge in [0.25, 0.3) is 0 Å². The smallest absolute Gasteiger partial charge is 0.199 e. The zero-order valence-electron chi connectivity index (χ0n) is 12.8. The number of anilines is 1. The first-order valence-corrected chi connectivity index (χ1v) is 8.43. The zero-order chi connectivity index (χ0) is 16.0. The van der Waals surface area contributed by atoms with Gasteiger partial charge in [0.05, 0.1) is 11.5 Å². The summed E-state index contributed by atoms with van der Waals surface area (Å²) in [5.41, 5.74) is 6.11. The lowest BCUT2D eigenvalue weighted by Gasteiger charge is -2.12. The summed E-state index contributed by atoms with van der Waals surface area (Å²) in [6, 6.07) is 5.80. The molecule has 3 N–H and O–H groups in total. The van der Waals surface area contributed by atoms with Gasteiger partial charge in [-0.25, -0.2) is 9.97 Å². The first-order chi connectivity index (χ1) is 11.1. The van der Waals surface area contributed by atoms with Crippen molar-refractivity contribution < 1.29 is 9.52 Å². The van der Waals surface area contributed by atoms with Gasteiger partial charge in [-0.15, -0.1) is 11.3 Å². The summed E-state index contributed by atoms with van der Waals surface area (Å²) < 4.78 is 5.59. The van der Waals surface area contributed by atoms with Crippen LogP contribution < -0.4 is 5.73 Å². The van der Waals surface area contributed by atoms with Crippen LogP contribution in [0.2, 0.25) is 0 Å². The molecular formula is C16H18N4O2S. The molecule has 1 fully saturated rings. The van der Waals surface area contributed by atoms with Crippen molar-refractivity contribution in [3.63, 3.8) is 0 Å². The Balaban J connectivity index is 1.66. The third kappa shape index (κ3) is 2.83. The van der Waals surface area contributed by atoms with Gasteiger partial charge in [-0.2, -0.15) is 0 Å². The van der Waals surface area contributed by atoms with Crippen LogP contribution in [-0.4, -0.2) is 39.2 Å². The van der Waals surface area contributed by atoms with E-state index >= 15 is 0 Å². The average molecular weight is 330 g/mol. The number of nitrogens with two attached hydrogens (primary N) is 1. The van der Waals surface area contributed by atoms with Crippen LogP contribution >= 0.6 is 11.3 Å². The highest BCUT2D eigenvalue weighted by Crippen LogP contribution is 2.31. The molecule has 120 valence electrons. The minimum absolute atomic E-state index is 0.206. The maximum absolute atomic E-state index is 9.63. The van der Waals surface area contributed by atoms with Crippen molar-refractivity contribution in [3.05, 3.63) is 28.8 Å². The molecule has 0 spiro atoms. The molecule has 0 amide bonds. The minimum atomic E-state index is -0.206. The molecule has 3 aromatic heterocycles. The molecule has 0 radical (unpaired) electrons. The largest absolute Gasteiger partial charge is 0.458 e. The van der Waals surface area contributed by atoms with Crippen LogP contribution in [0.15, 0.2) is 22.6 Å². The summed E-state index contributed by atoms with van der Waals surface area (Å²) in [7, 11) is 0. The fourth-order valence-corrected chi connectivity index (χ4v) is 3.99. The number of thiophene rings is 1. The van der Waals surface area contributed by atoms with Gasteiger partial charge in [0, 0.05) is 24.5 Å². The number of aliphatic hydroxyl groups excluding tert-OH is 1. The molecule has 0 aromatic carbocycles. The summed E-state index contributed by atoms with van der Waals surface area (Å²) in [5, 5.41) is 10.5. The molecule has 7 heteroatoms. The van der Waals surface area contributed by atoms with E-state index in [0.29, 0.717) is 17.4 Å². The molecule has 1 aliphatic heterocycles. The Morgan fingerprint density at radius 3 is 3.00 bits per heavy atom. The lowest BCUT2D eigenvalue weighted by atomic mass is 10.3. The summed E-state index contributed by atoms with van der Waals surface area (Å²) in [5.74, 6) is 2.45. The molecule has 1 saturated heterocycles. The number of aliphatic hydroxyl groups is 1. The first kappa shape index (κ1) is 14.6. The highest BCUT2D eigenvalue weighted by atomic mass is 32.1. The predicted molar refractivity (Wildman–Crippen MR) is 90.2 cm³/mol. The number of likely N-dealkylation sites (tertiary alicyclic amines) is 1. The van der Waals surface area contributed by atoms with Crippen molar-refractivity contribution >= 4 is 27.4 Å². The van der Waals surface area contributed by atoms with Crippen LogP contribution in [-0.2, 0) is 6.54 Å². The van der Waals surface area contributed by atoms with Crippen LogP contribution in [0, 0.1) is 6.92 Å². The number of fused-ring (bicyclic) bond motifs is 1. The number of hydrogen-bond donors (Lipinski definition) is 2. The SMILES string of the molecule is Cc1ccc(-c2nc(N)c3cc(CN4CCC(O)C4)sc3n2)o1. The lowest BCUT2D eigenvalue weighted by Crippen LogP contribution is -2.20. The Morgan fingerprint density at radius 2 is 2.30 bits per heavy atom. The quantitative estimate of drug-likeness (QED) is 0.767. The monoisotopic (exact) mass is 330 g/mol. The van der Waals surface area contributed by atoms with Gasteiger partial charge >= 0.3 is 0 Å². The number of rotatable bonds is 3. The van der Waals surface area contributed by atoms with E-state index in [1.54, 1.807) is 11.3 Å². The van der Waals surface area contributed by atoms with E-state index in [-0.39, 0.29) is 6.10 Å². The maximum atomic E-state index is 9.63. The molecule has 1 atom stereocenters. The number of aromatic nitrogens is 2. The van der Waals surface area contributed by atoms with E-state index in [4.69, 9.17) is 10.2 Å². The highest BCUT2D eigenvalue weighted by Gasteiger charge is 2.21. The summed E-state index contributed by atoms with van der Waals surface area (Å²) >= 11 is 1.62. The Kier molecular flexibility index (Phi) is 3.56. The summed E-state index contributed by atoms with van der Waals surface area (Å²) in [6.45, 7) is 4.35. The molecule has 3 aromatic rings. The number of hydrogen-bond acceptors (Lipinski definition) is 7. The normalized spacial score (nSPS) is 19.0. The van der Waals surface area contributed by atoms with Crippen molar-refractivity contribution in [2.75, 3.05) is 18.8 Å². The van der Waals surface area contributed by atoms with Crippen molar-refractivity contribution in [1.29, 1.82) is 0 Å². The number of aryl methyl sites for hydroxylation is 1. The van der Waals surface area contributed by atoms with Crippen LogP contribution in [0.25, 0.3) is 21.8 Å². The second-order valence-corrected chi connectivity index (χ2v) is 7.07. The van der Waals surface area contributed by atoms with E-state index < -0.39 is 0 Å². The molecule has 23 heavy (non-hydrogen) atoms. The van der Waals surface area contributed by atoms with Crippen molar-refractivity contribution in [2.24, 2.45) is 0 Å². The number of β-amino-alcohol motifs (C(OH)–C–C–N with tert-alkyl or cyclic N) is 1. The maximum Gasteiger partial charge on any atom is 0.199 e. The second kappa shape index (κ2) is 5.59. The number of furan rings is 1. The lowest BCUT2D eigenvalue weighted by molar-refractivity contribution is 0.175. The van der Waals surface area contributed by atoms with Crippen molar-refractivity contribution in [3.8, 4) is 11.6 Å². The van der Waals surface area contributed by atoms with E-state index in [9.17, 15) is 5.11 Å². The van der Waals surface area contributed by atoms with E-state index in [1.165, 1.54) is 4.88 Å². The van der Waals surface area contributed by atoms with Gasteiger partial charge in [0.2, 0.25) is 0 Å². The number of nitrogens with zero attached hydrogens (tertiary/aromatic N) is 3. The van der Waals surface area contributed by atoms with Gasteiger partial charge in [0.15, 0.2) is 11.6 Å². The Labute approximate surface area is 137 Å². The van der Waals surface area contributed by atoms with Crippen LogP contribution in [0.4, 0.5) is 5.82 Å². The molecule has 0 bridgehead atoms. The predicted octanol–water partition coefficient (Wildman–Crippen LogP) is 2.41. The molecular weight excluding hydrogens is 312 g/mol. The topological polar surface area (TPSA) is 88.4 Å². The van der Waals surface area contributed by atoms with Gasteiger partial charge in [-0.3, -0.25) is 4.90 Å². The van der Waals surface area contributed by atoms with E-state index in [0.717, 1.165) is 42.0 Å². The third-order valence-corrected chi connectivity index (χ3v) is 5.07. The minimum Gasteiger partial charge on any atom is -0.458 e. The Morgan fingerprint density at radius 1 is 1.43 bits per heavy atom. The van der Waals surface area contributed by atoms with Crippen molar-refractivity contribution in [2.45, 2.75) is 26.0 Å². The van der Waals surface area contributed by atoms with Crippen molar-refractivity contribution in [1.82, 2.24) is 14.9 Å². The summed E-state index contributed by atoms with van der Waals surface area (Å²) in [6.07, 6.45) is 0.637. The van der Waals surface area contributed by atoms with E-state index in [1.807, 2.05) is 19.1 Å². The van der Waals surface area contributed by atoms with Crippen LogP contribution in [0.3, 0.4) is 0 Å². The third-order valence-electron chi connectivity index (χ3n) is 4.06. The Hall–Kier alpha value is -1.96. The zero-order valence-corrected chi connectivity index (χ0v) is 13.6. The molecule has 1 aliphatic rings. The number of nitrogen functional groups attached to an aromatic ring is 1. The van der Waals surface area contributed by atoms with Gasteiger partial charge in [0.1, 0.15) is 16.4 Å². The van der Waals surface area contributed by atoms with Crippen LogP contribution in [0.5, 0.6) is 0 Å². The fraction of sp³-hybridized carbons (Fsp3) is 0.375.